The van der Waals surface area contributed by atoms with Gasteiger partial charge in [-0.05, 0) is 33.1 Å². The average molecular weight is 297 g/mol. The number of rotatable bonds is 8. The van der Waals surface area contributed by atoms with Crippen molar-refractivity contribution in [3.8, 4) is 0 Å². The first-order valence-electron chi connectivity index (χ1n) is 7.52. The summed E-state index contributed by atoms with van der Waals surface area (Å²) in [4.78, 5) is 17.8. The Bertz CT molecular complexity index is 415. The Balaban J connectivity index is 2.51. The van der Waals surface area contributed by atoms with Gasteiger partial charge in [-0.15, -0.1) is 11.3 Å². The van der Waals surface area contributed by atoms with Gasteiger partial charge in [0.05, 0.1) is 12.1 Å². The van der Waals surface area contributed by atoms with Crippen molar-refractivity contribution >= 4 is 17.2 Å². The highest BCUT2D eigenvalue weighted by Crippen LogP contribution is 2.20. The van der Waals surface area contributed by atoms with Crippen LogP contribution in [-0.4, -0.2) is 23.0 Å². The molecule has 0 radical (unpaired) electrons. The summed E-state index contributed by atoms with van der Waals surface area (Å²) < 4.78 is 0. The number of aryl methyl sites for hydroxylation is 1. The Kier molecular flexibility index (Phi) is 7.16. The van der Waals surface area contributed by atoms with Crippen molar-refractivity contribution in [2.24, 2.45) is 0 Å². The van der Waals surface area contributed by atoms with Crippen molar-refractivity contribution in [2.45, 2.75) is 72.0 Å². The number of hydrogen-bond donors (Lipinski definition) is 2. The molecular weight excluding hydrogens is 270 g/mol. The molecule has 0 aliphatic carbocycles. The van der Waals surface area contributed by atoms with Gasteiger partial charge in [-0.1, -0.05) is 20.8 Å². The third-order valence-electron chi connectivity index (χ3n) is 3.52. The zero-order valence-electron chi connectivity index (χ0n) is 13.2. The van der Waals surface area contributed by atoms with Gasteiger partial charge in [0.25, 0.3) is 0 Å². The van der Waals surface area contributed by atoms with Crippen molar-refractivity contribution in [3.63, 3.8) is 0 Å². The molecule has 0 saturated heterocycles. The van der Waals surface area contributed by atoms with Gasteiger partial charge in [-0.25, -0.2) is 4.98 Å². The quantitative estimate of drug-likeness (QED) is 0.775. The van der Waals surface area contributed by atoms with Crippen molar-refractivity contribution in [1.82, 2.24) is 15.6 Å². The summed E-state index contributed by atoms with van der Waals surface area (Å²) in [5.41, 5.74) is 0. The summed E-state index contributed by atoms with van der Waals surface area (Å²) in [5.74, 6) is 0.0674. The highest BCUT2D eigenvalue weighted by Gasteiger charge is 2.19. The summed E-state index contributed by atoms with van der Waals surface area (Å²) in [5, 5.41) is 7.44. The maximum Gasteiger partial charge on any atom is 0.237 e. The number of aromatic nitrogens is 1. The standard InChI is InChI=1S/C15H27N3OS/c1-6-12(7-2)18-14(19)10(4)17-11(5)15-16-9-13(8-3)20-15/h9-12,17H,6-8H2,1-5H3,(H,18,19). The number of nitrogens with one attached hydrogen (secondary N) is 2. The minimum atomic E-state index is -0.209. The SMILES string of the molecule is CCc1cnc(C(C)NC(C)C(=O)NC(CC)CC)s1. The lowest BCUT2D eigenvalue weighted by molar-refractivity contribution is -0.123. The number of nitrogens with zero attached hydrogens (tertiary/aromatic N) is 1. The molecule has 0 saturated carbocycles. The normalized spacial score (nSPS) is 14.3. The van der Waals surface area contributed by atoms with Crippen molar-refractivity contribution in [3.05, 3.63) is 16.1 Å². The smallest absolute Gasteiger partial charge is 0.237 e. The van der Waals surface area contributed by atoms with Crippen LogP contribution in [-0.2, 0) is 11.2 Å². The predicted octanol–water partition coefficient (Wildman–Crippen LogP) is 3.05. The zero-order valence-corrected chi connectivity index (χ0v) is 14.0. The molecule has 0 fully saturated rings. The topological polar surface area (TPSA) is 54.0 Å². The molecule has 0 spiro atoms. The second kappa shape index (κ2) is 8.37. The Hall–Kier alpha value is -0.940. The minimum absolute atomic E-state index is 0.0674. The summed E-state index contributed by atoms with van der Waals surface area (Å²) in [6.45, 7) is 10.3. The molecule has 4 nitrogen and oxygen atoms in total. The first-order chi connectivity index (χ1) is 9.51. The van der Waals surface area contributed by atoms with Gasteiger partial charge in [0.1, 0.15) is 5.01 Å². The van der Waals surface area contributed by atoms with E-state index in [2.05, 4.69) is 43.3 Å². The van der Waals surface area contributed by atoms with Crippen LogP contribution in [0.4, 0.5) is 0 Å². The molecule has 0 aliphatic rings. The molecule has 0 aliphatic heterocycles. The van der Waals surface area contributed by atoms with Crippen LogP contribution < -0.4 is 10.6 Å². The fourth-order valence-electron chi connectivity index (χ4n) is 2.03. The van der Waals surface area contributed by atoms with Crippen LogP contribution in [0, 0.1) is 0 Å². The highest BCUT2D eigenvalue weighted by atomic mass is 32.1. The van der Waals surface area contributed by atoms with E-state index >= 15 is 0 Å². The molecular formula is C15H27N3OS. The van der Waals surface area contributed by atoms with Crippen LogP contribution in [0.5, 0.6) is 0 Å². The fourth-order valence-corrected chi connectivity index (χ4v) is 2.90. The van der Waals surface area contributed by atoms with Crippen LogP contribution in [0.25, 0.3) is 0 Å². The Morgan fingerprint density at radius 3 is 2.45 bits per heavy atom. The summed E-state index contributed by atoms with van der Waals surface area (Å²) in [6.07, 6.45) is 4.87. The first-order valence-corrected chi connectivity index (χ1v) is 8.34. The van der Waals surface area contributed by atoms with Gasteiger partial charge in [0, 0.05) is 17.1 Å². The fraction of sp³-hybridized carbons (Fsp3) is 0.733. The van der Waals surface area contributed by atoms with E-state index in [0.29, 0.717) is 0 Å². The third kappa shape index (κ3) is 4.87. The maximum atomic E-state index is 12.1. The van der Waals surface area contributed by atoms with Gasteiger partial charge in [0.2, 0.25) is 5.91 Å². The minimum Gasteiger partial charge on any atom is -0.352 e. The maximum absolute atomic E-state index is 12.1. The lowest BCUT2D eigenvalue weighted by atomic mass is 10.1. The highest BCUT2D eigenvalue weighted by molar-refractivity contribution is 7.11. The second-order valence-electron chi connectivity index (χ2n) is 5.15. The van der Waals surface area contributed by atoms with Crippen LogP contribution in [0.15, 0.2) is 6.20 Å². The average Bonchev–Trinajstić information content (AvgIpc) is 2.93. The number of carbonyl (C=O) groups is 1. The van der Waals surface area contributed by atoms with Gasteiger partial charge >= 0.3 is 0 Å². The summed E-state index contributed by atoms with van der Waals surface area (Å²) in [7, 11) is 0. The predicted molar refractivity (Wildman–Crippen MR) is 85.0 cm³/mol. The van der Waals surface area contributed by atoms with Gasteiger partial charge in [-0.2, -0.15) is 0 Å². The number of amides is 1. The van der Waals surface area contributed by atoms with Crippen LogP contribution >= 0.6 is 11.3 Å². The molecule has 1 aromatic heterocycles. The molecule has 20 heavy (non-hydrogen) atoms. The van der Waals surface area contributed by atoms with Gasteiger partial charge < -0.3 is 5.32 Å². The van der Waals surface area contributed by atoms with Crippen molar-refractivity contribution in [1.29, 1.82) is 0 Å². The second-order valence-corrected chi connectivity index (χ2v) is 6.30. The van der Waals surface area contributed by atoms with E-state index in [-0.39, 0.29) is 24.0 Å². The molecule has 0 bridgehead atoms. The molecule has 1 rings (SSSR count). The van der Waals surface area contributed by atoms with Crippen molar-refractivity contribution < 1.29 is 4.79 Å². The van der Waals surface area contributed by atoms with Crippen molar-refractivity contribution in [2.75, 3.05) is 0 Å². The van der Waals surface area contributed by atoms with E-state index in [1.54, 1.807) is 11.3 Å². The molecule has 1 aromatic rings. The number of hydrogen-bond acceptors (Lipinski definition) is 4. The van der Waals surface area contributed by atoms with E-state index in [0.717, 1.165) is 24.3 Å². The van der Waals surface area contributed by atoms with E-state index in [4.69, 9.17) is 0 Å². The van der Waals surface area contributed by atoms with Gasteiger partial charge in [0.15, 0.2) is 0 Å². The Labute approximate surface area is 126 Å². The Morgan fingerprint density at radius 2 is 1.95 bits per heavy atom. The van der Waals surface area contributed by atoms with Crippen LogP contribution in [0.3, 0.4) is 0 Å². The molecule has 114 valence electrons. The van der Waals surface area contributed by atoms with E-state index in [9.17, 15) is 4.79 Å². The monoisotopic (exact) mass is 297 g/mol. The molecule has 0 aromatic carbocycles. The van der Waals surface area contributed by atoms with E-state index in [1.165, 1.54) is 4.88 Å². The lowest BCUT2D eigenvalue weighted by Gasteiger charge is -2.21. The van der Waals surface area contributed by atoms with E-state index in [1.807, 2.05) is 13.1 Å². The molecule has 1 heterocycles. The number of carbonyl (C=O) groups excluding carboxylic acids is 1. The molecule has 2 atom stereocenters. The first kappa shape index (κ1) is 17.1. The van der Waals surface area contributed by atoms with Crippen LogP contribution in [0.2, 0.25) is 0 Å². The Morgan fingerprint density at radius 1 is 1.30 bits per heavy atom. The van der Waals surface area contributed by atoms with Gasteiger partial charge in [-0.3, -0.25) is 10.1 Å². The number of thiazole rings is 1. The lowest BCUT2D eigenvalue weighted by Crippen LogP contribution is -2.46. The zero-order chi connectivity index (χ0) is 15.1. The molecule has 1 amide bonds. The summed E-state index contributed by atoms with van der Waals surface area (Å²) >= 11 is 1.71. The summed E-state index contributed by atoms with van der Waals surface area (Å²) in [6, 6.07) is 0.163. The molecule has 5 heteroatoms. The molecule has 2 N–H and O–H groups in total. The third-order valence-corrected chi connectivity index (χ3v) is 4.84. The van der Waals surface area contributed by atoms with E-state index < -0.39 is 0 Å². The largest absolute Gasteiger partial charge is 0.352 e. The van der Waals surface area contributed by atoms with Crippen LogP contribution in [0.1, 0.15) is 63.4 Å². The molecule has 2 unspecified atom stereocenters.